The van der Waals surface area contributed by atoms with Crippen LogP contribution >= 0.6 is 11.8 Å². The molecule has 0 saturated heterocycles. The number of rotatable bonds is 8. The summed E-state index contributed by atoms with van der Waals surface area (Å²) in [6.07, 6.45) is 1.73. The molecule has 0 spiro atoms. The Bertz CT molecular complexity index is 1020. The standard InChI is InChI=1S/C21H17N3O4S/c22-21(25)14-28-18-7-1-15(2-8-18)13-23-16-3-9-19(10-4-16)29-20-11-5-17(6-12-20)24(26)27/h1-13H,14H2,(H2,22,25). The Labute approximate surface area is 171 Å². The summed E-state index contributed by atoms with van der Waals surface area (Å²) >= 11 is 1.52. The number of benzene rings is 3. The number of hydrogen-bond acceptors (Lipinski definition) is 6. The van der Waals surface area contributed by atoms with Gasteiger partial charge in [0, 0.05) is 28.1 Å². The van der Waals surface area contributed by atoms with E-state index in [1.165, 1.54) is 23.9 Å². The number of amides is 1. The Morgan fingerprint density at radius 2 is 1.59 bits per heavy atom. The van der Waals surface area contributed by atoms with Crippen molar-refractivity contribution < 1.29 is 14.5 Å². The van der Waals surface area contributed by atoms with Crippen molar-refractivity contribution in [3.63, 3.8) is 0 Å². The average molecular weight is 407 g/mol. The minimum absolute atomic E-state index is 0.0755. The summed E-state index contributed by atoms with van der Waals surface area (Å²) in [5.74, 6) is 0.0411. The molecule has 0 heterocycles. The van der Waals surface area contributed by atoms with Gasteiger partial charge < -0.3 is 10.5 Å². The van der Waals surface area contributed by atoms with Crippen LogP contribution in [0.3, 0.4) is 0 Å². The normalized spacial score (nSPS) is 10.8. The highest BCUT2D eigenvalue weighted by Gasteiger charge is 2.05. The Kier molecular flexibility index (Phi) is 6.59. The number of carbonyl (C=O) groups is 1. The molecule has 0 aromatic heterocycles. The number of hydrogen-bond donors (Lipinski definition) is 1. The zero-order valence-electron chi connectivity index (χ0n) is 15.2. The van der Waals surface area contributed by atoms with Crippen molar-refractivity contribution >= 4 is 35.3 Å². The van der Waals surface area contributed by atoms with Crippen LogP contribution in [-0.2, 0) is 4.79 Å². The van der Waals surface area contributed by atoms with Gasteiger partial charge in [-0.1, -0.05) is 11.8 Å². The van der Waals surface area contributed by atoms with Crippen molar-refractivity contribution in [3.05, 3.63) is 88.5 Å². The number of ether oxygens (including phenoxy) is 1. The molecule has 3 aromatic rings. The molecule has 3 rings (SSSR count). The largest absolute Gasteiger partial charge is 0.484 e. The van der Waals surface area contributed by atoms with Crippen LogP contribution in [0, 0.1) is 10.1 Å². The van der Waals surface area contributed by atoms with E-state index >= 15 is 0 Å². The van der Waals surface area contributed by atoms with Crippen molar-refractivity contribution in [2.75, 3.05) is 6.61 Å². The second kappa shape index (κ2) is 9.52. The van der Waals surface area contributed by atoms with Crippen molar-refractivity contribution in [2.24, 2.45) is 10.7 Å². The highest BCUT2D eigenvalue weighted by molar-refractivity contribution is 7.99. The lowest BCUT2D eigenvalue weighted by atomic mass is 10.2. The summed E-state index contributed by atoms with van der Waals surface area (Å²) < 4.78 is 5.21. The third-order valence-corrected chi connectivity index (χ3v) is 4.76. The monoisotopic (exact) mass is 407 g/mol. The third kappa shape index (κ3) is 6.18. The molecule has 7 nitrogen and oxygen atoms in total. The van der Waals surface area contributed by atoms with Gasteiger partial charge >= 0.3 is 0 Å². The molecule has 29 heavy (non-hydrogen) atoms. The van der Waals surface area contributed by atoms with E-state index < -0.39 is 10.8 Å². The van der Waals surface area contributed by atoms with Crippen LogP contribution in [0.15, 0.2) is 87.6 Å². The van der Waals surface area contributed by atoms with Gasteiger partial charge in [0.1, 0.15) is 5.75 Å². The van der Waals surface area contributed by atoms with Gasteiger partial charge in [0.2, 0.25) is 0 Å². The Balaban J connectivity index is 1.58. The van der Waals surface area contributed by atoms with Crippen molar-refractivity contribution in [3.8, 4) is 5.75 Å². The van der Waals surface area contributed by atoms with Gasteiger partial charge in [-0.3, -0.25) is 19.9 Å². The predicted molar refractivity (Wildman–Crippen MR) is 112 cm³/mol. The Hall–Kier alpha value is -3.65. The van der Waals surface area contributed by atoms with Crippen LogP contribution in [0.5, 0.6) is 5.75 Å². The van der Waals surface area contributed by atoms with Crippen LogP contribution in [0.4, 0.5) is 11.4 Å². The summed E-state index contributed by atoms with van der Waals surface area (Å²) in [7, 11) is 0. The van der Waals surface area contributed by atoms with Crippen molar-refractivity contribution in [2.45, 2.75) is 9.79 Å². The SMILES string of the molecule is NC(=O)COc1ccc(C=Nc2ccc(Sc3ccc([N+](=O)[O-])cc3)cc2)cc1. The molecule has 1 amide bonds. The molecule has 0 bridgehead atoms. The minimum atomic E-state index is -0.522. The molecule has 146 valence electrons. The van der Waals surface area contributed by atoms with Gasteiger partial charge in [0.25, 0.3) is 11.6 Å². The van der Waals surface area contributed by atoms with E-state index in [1.807, 2.05) is 36.4 Å². The summed E-state index contributed by atoms with van der Waals surface area (Å²) in [6.45, 7) is -0.155. The number of nitrogens with zero attached hydrogens (tertiary/aromatic N) is 2. The van der Waals surface area contributed by atoms with Gasteiger partial charge in [-0.05, 0) is 66.2 Å². The Morgan fingerprint density at radius 1 is 1.00 bits per heavy atom. The number of nitrogens with two attached hydrogens (primary N) is 1. The van der Waals surface area contributed by atoms with E-state index in [0.717, 1.165) is 21.0 Å². The maximum Gasteiger partial charge on any atom is 0.269 e. The molecule has 0 aliphatic rings. The first-order valence-electron chi connectivity index (χ1n) is 8.57. The minimum Gasteiger partial charge on any atom is -0.484 e. The second-order valence-electron chi connectivity index (χ2n) is 5.93. The summed E-state index contributed by atoms with van der Waals surface area (Å²) in [5.41, 5.74) is 6.80. The topological polar surface area (TPSA) is 108 Å². The number of nitro groups is 1. The number of primary amides is 1. The summed E-state index contributed by atoms with van der Waals surface area (Å²) in [6, 6.07) is 21.3. The number of nitro benzene ring substituents is 1. The van der Waals surface area contributed by atoms with E-state index in [0.29, 0.717) is 5.75 Å². The fourth-order valence-electron chi connectivity index (χ4n) is 2.33. The third-order valence-electron chi connectivity index (χ3n) is 3.74. The lowest BCUT2D eigenvalue weighted by Crippen LogP contribution is -2.19. The first-order valence-corrected chi connectivity index (χ1v) is 9.39. The van der Waals surface area contributed by atoms with Gasteiger partial charge in [-0.15, -0.1) is 0 Å². The molecule has 8 heteroatoms. The lowest BCUT2D eigenvalue weighted by Gasteiger charge is -2.03. The number of aliphatic imine (C=N–C) groups is 1. The maximum atomic E-state index is 10.7. The molecule has 0 radical (unpaired) electrons. The number of non-ortho nitro benzene ring substituents is 1. The first kappa shape index (κ1) is 20.1. The van der Waals surface area contributed by atoms with Crippen LogP contribution in [0.2, 0.25) is 0 Å². The highest BCUT2D eigenvalue weighted by Crippen LogP contribution is 2.30. The number of carbonyl (C=O) groups excluding carboxylic acids is 1. The zero-order chi connectivity index (χ0) is 20.6. The van der Waals surface area contributed by atoms with Gasteiger partial charge in [0.15, 0.2) is 6.61 Å². The van der Waals surface area contributed by atoms with E-state index in [9.17, 15) is 14.9 Å². The van der Waals surface area contributed by atoms with E-state index in [2.05, 4.69) is 4.99 Å². The molecule has 0 aliphatic heterocycles. The quantitative estimate of drug-likeness (QED) is 0.339. The van der Waals surface area contributed by atoms with Gasteiger partial charge in [-0.25, -0.2) is 0 Å². The maximum absolute atomic E-state index is 10.7. The summed E-state index contributed by atoms with van der Waals surface area (Å²) in [4.78, 5) is 27.4. The zero-order valence-corrected chi connectivity index (χ0v) is 16.0. The highest BCUT2D eigenvalue weighted by atomic mass is 32.2. The first-order chi connectivity index (χ1) is 14.0. The van der Waals surface area contributed by atoms with Crippen LogP contribution in [0.25, 0.3) is 0 Å². The smallest absolute Gasteiger partial charge is 0.269 e. The molecular formula is C21H17N3O4S. The van der Waals surface area contributed by atoms with E-state index in [-0.39, 0.29) is 12.3 Å². The van der Waals surface area contributed by atoms with Crippen LogP contribution in [-0.4, -0.2) is 23.7 Å². The summed E-state index contributed by atoms with van der Waals surface area (Å²) in [5, 5.41) is 10.7. The Morgan fingerprint density at radius 3 is 2.14 bits per heavy atom. The van der Waals surface area contributed by atoms with Crippen LogP contribution < -0.4 is 10.5 Å². The second-order valence-corrected chi connectivity index (χ2v) is 7.08. The molecule has 0 saturated carbocycles. The van der Waals surface area contributed by atoms with Crippen molar-refractivity contribution in [1.82, 2.24) is 0 Å². The fraction of sp³-hybridized carbons (Fsp3) is 0.0476. The average Bonchev–Trinajstić information content (AvgIpc) is 2.73. The molecule has 2 N–H and O–H groups in total. The fourth-order valence-corrected chi connectivity index (χ4v) is 3.14. The molecule has 0 fully saturated rings. The molecular weight excluding hydrogens is 390 g/mol. The molecule has 0 atom stereocenters. The lowest BCUT2D eigenvalue weighted by molar-refractivity contribution is -0.384. The molecule has 0 aliphatic carbocycles. The van der Waals surface area contributed by atoms with Crippen molar-refractivity contribution in [1.29, 1.82) is 0 Å². The molecule has 0 unspecified atom stereocenters. The predicted octanol–water partition coefficient (Wildman–Crippen LogP) is 4.36. The van der Waals surface area contributed by atoms with E-state index in [1.54, 1.807) is 30.5 Å². The van der Waals surface area contributed by atoms with Crippen LogP contribution in [0.1, 0.15) is 5.56 Å². The van der Waals surface area contributed by atoms with Gasteiger partial charge in [0.05, 0.1) is 10.6 Å². The van der Waals surface area contributed by atoms with Gasteiger partial charge in [-0.2, -0.15) is 0 Å². The molecule has 3 aromatic carbocycles. The van der Waals surface area contributed by atoms with E-state index in [4.69, 9.17) is 10.5 Å².